The van der Waals surface area contributed by atoms with Gasteiger partial charge in [0.15, 0.2) is 12.4 Å². The molecule has 0 unspecified atom stereocenters. The number of hydrogen-bond donors (Lipinski definition) is 1. The summed E-state index contributed by atoms with van der Waals surface area (Å²) in [6.07, 6.45) is 6.50. The largest absolute Gasteiger partial charge is 0.208 e. The molecule has 0 aromatic carbocycles. The van der Waals surface area contributed by atoms with Gasteiger partial charge in [-0.1, -0.05) is 0 Å². The van der Waals surface area contributed by atoms with Crippen molar-refractivity contribution in [2.75, 3.05) is 5.75 Å². The fourth-order valence-corrected chi connectivity index (χ4v) is 1.24. The summed E-state index contributed by atoms with van der Waals surface area (Å²) in [5.74, 6) is 0.971. The zero-order valence-electron chi connectivity index (χ0n) is 6.83. The van der Waals surface area contributed by atoms with Crippen LogP contribution in [0.25, 0.3) is 0 Å². The first-order valence-corrected chi connectivity index (χ1v) is 4.51. The molecule has 0 radical (unpaired) electrons. The van der Waals surface area contributed by atoms with Crippen molar-refractivity contribution in [3.63, 3.8) is 0 Å². The Bertz CT molecular complexity index is 223. The Morgan fingerprint density at radius 3 is 3.00 bits per heavy atom. The third-order valence-corrected chi connectivity index (χ3v) is 1.94. The van der Waals surface area contributed by atoms with Gasteiger partial charge in [-0.05, 0) is 24.7 Å². The number of rotatable bonds is 3. The van der Waals surface area contributed by atoms with Gasteiger partial charge >= 0.3 is 0 Å². The minimum absolute atomic E-state index is 0.971. The summed E-state index contributed by atoms with van der Waals surface area (Å²) >= 11 is 4.17. The van der Waals surface area contributed by atoms with Crippen LogP contribution in [-0.4, -0.2) is 5.75 Å². The van der Waals surface area contributed by atoms with Gasteiger partial charge in [-0.25, -0.2) is 4.57 Å². The number of aryl methyl sites for hydroxylation is 2. The van der Waals surface area contributed by atoms with Gasteiger partial charge < -0.3 is 0 Å². The molecule has 0 aliphatic rings. The number of hydrogen-bond acceptors (Lipinski definition) is 1. The van der Waals surface area contributed by atoms with Crippen molar-refractivity contribution >= 4 is 12.6 Å². The molecular weight excluding hydrogens is 154 g/mol. The van der Waals surface area contributed by atoms with Crippen molar-refractivity contribution in [1.82, 2.24) is 0 Å². The Morgan fingerprint density at radius 2 is 2.36 bits per heavy atom. The van der Waals surface area contributed by atoms with E-state index in [4.69, 9.17) is 0 Å². The van der Waals surface area contributed by atoms with Crippen molar-refractivity contribution in [3.8, 4) is 0 Å². The highest BCUT2D eigenvalue weighted by Crippen LogP contribution is 1.99. The molecular formula is C9H14NS+. The predicted molar refractivity (Wildman–Crippen MR) is 49.8 cm³/mol. The zero-order chi connectivity index (χ0) is 8.10. The Kier molecular flexibility index (Phi) is 3.43. The van der Waals surface area contributed by atoms with Gasteiger partial charge in [-0.15, -0.1) is 0 Å². The summed E-state index contributed by atoms with van der Waals surface area (Å²) in [5.41, 5.74) is 1.39. The van der Waals surface area contributed by atoms with E-state index in [9.17, 15) is 0 Å². The topological polar surface area (TPSA) is 3.88 Å². The maximum atomic E-state index is 4.17. The van der Waals surface area contributed by atoms with E-state index in [0.29, 0.717) is 0 Å². The molecule has 0 amide bonds. The predicted octanol–water partition coefficient (Wildman–Crippen LogP) is 1.37. The fourth-order valence-electron chi connectivity index (χ4n) is 1.08. The van der Waals surface area contributed by atoms with Crippen molar-refractivity contribution in [2.24, 2.45) is 7.05 Å². The van der Waals surface area contributed by atoms with Crippen LogP contribution in [0.3, 0.4) is 0 Å². The Morgan fingerprint density at radius 1 is 1.55 bits per heavy atom. The van der Waals surface area contributed by atoms with Crippen LogP contribution >= 0.6 is 12.6 Å². The van der Waals surface area contributed by atoms with Gasteiger partial charge in [0.05, 0.1) is 0 Å². The quantitative estimate of drug-likeness (QED) is 0.513. The smallest absolute Gasteiger partial charge is 0.171 e. The Labute approximate surface area is 73.5 Å². The van der Waals surface area contributed by atoms with Gasteiger partial charge in [0.2, 0.25) is 0 Å². The Balaban J connectivity index is 2.56. The van der Waals surface area contributed by atoms with Crippen LogP contribution in [0.15, 0.2) is 24.5 Å². The highest BCUT2D eigenvalue weighted by Gasteiger charge is 1.95. The van der Waals surface area contributed by atoms with E-state index in [1.54, 1.807) is 0 Å². The summed E-state index contributed by atoms with van der Waals surface area (Å²) < 4.78 is 2.08. The van der Waals surface area contributed by atoms with Crippen LogP contribution in [0, 0.1) is 0 Å². The molecule has 0 spiro atoms. The second kappa shape index (κ2) is 4.39. The van der Waals surface area contributed by atoms with Crippen molar-refractivity contribution in [2.45, 2.75) is 12.8 Å². The van der Waals surface area contributed by atoms with E-state index in [1.807, 2.05) is 13.2 Å². The maximum Gasteiger partial charge on any atom is 0.171 e. The molecule has 1 heterocycles. The molecule has 0 atom stereocenters. The summed E-state index contributed by atoms with van der Waals surface area (Å²) in [6, 6.07) is 4.23. The molecule has 60 valence electrons. The molecule has 2 heteroatoms. The van der Waals surface area contributed by atoms with E-state index in [1.165, 1.54) is 5.56 Å². The second-order valence-corrected chi connectivity index (χ2v) is 3.15. The van der Waals surface area contributed by atoms with Gasteiger partial charge in [0.25, 0.3) is 0 Å². The number of pyridine rings is 1. The standard InChI is InChI=1S/C9H13NS/c1-10-6-2-4-9(8-10)5-3-7-11/h2,4,6,8H,3,5,7H2,1H3/p+1. The minimum Gasteiger partial charge on any atom is -0.208 e. The number of thiol groups is 1. The molecule has 0 saturated carbocycles. The maximum absolute atomic E-state index is 4.17. The average Bonchev–Trinajstić information content (AvgIpc) is 2.01. The fraction of sp³-hybridized carbons (Fsp3) is 0.444. The molecule has 0 N–H and O–H groups in total. The lowest BCUT2D eigenvalue weighted by Crippen LogP contribution is -2.26. The van der Waals surface area contributed by atoms with Crippen LogP contribution in [0.2, 0.25) is 0 Å². The van der Waals surface area contributed by atoms with Gasteiger partial charge in [-0.3, -0.25) is 0 Å². The van der Waals surface area contributed by atoms with Crippen molar-refractivity contribution in [3.05, 3.63) is 30.1 Å². The molecule has 0 saturated heterocycles. The van der Waals surface area contributed by atoms with E-state index < -0.39 is 0 Å². The number of nitrogens with zero attached hydrogens (tertiary/aromatic N) is 1. The summed E-state index contributed by atoms with van der Waals surface area (Å²) in [7, 11) is 2.05. The van der Waals surface area contributed by atoms with Gasteiger partial charge in [-0.2, -0.15) is 12.6 Å². The summed E-state index contributed by atoms with van der Waals surface area (Å²) in [6.45, 7) is 0. The van der Waals surface area contributed by atoms with Crippen LogP contribution in [0.1, 0.15) is 12.0 Å². The lowest BCUT2D eigenvalue weighted by atomic mass is 10.2. The van der Waals surface area contributed by atoms with E-state index in [0.717, 1.165) is 18.6 Å². The zero-order valence-corrected chi connectivity index (χ0v) is 7.72. The first kappa shape index (κ1) is 8.60. The van der Waals surface area contributed by atoms with Crippen molar-refractivity contribution in [1.29, 1.82) is 0 Å². The molecule has 1 rings (SSSR count). The van der Waals surface area contributed by atoms with Crippen molar-refractivity contribution < 1.29 is 4.57 Å². The molecule has 0 aliphatic carbocycles. The van der Waals surface area contributed by atoms with Gasteiger partial charge in [0.1, 0.15) is 7.05 Å². The van der Waals surface area contributed by atoms with Crippen LogP contribution in [0.4, 0.5) is 0 Å². The lowest BCUT2D eigenvalue weighted by molar-refractivity contribution is -0.671. The van der Waals surface area contributed by atoms with Crippen LogP contribution in [-0.2, 0) is 13.5 Å². The molecule has 0 aliphatic heterocycles. The molecule has 11 heavy (non-hydrogen) atoms. The number of aromatic nitrogens is 1. The summed E-state index contributed by atoms with van der Waals surface area (Å²) in [5, 5.41) is 0. The molecule has 1 nitrogen and oxygen atoms in total. The van der Waals surface area contributed by atoms with E-state index in [-0.39, 0.29) is 0 Å². The average molecular weight is 168 g/mol. The Hall–Kier alpha value is -0.500. The second-order valence-electron chi connectivity index (χ2n) is 2.70. The highest BCUT2D eigenvalue weighted by molar-refractivity contribution is 7.80. The van der Waals surface area contributed by atoms with E-state index in [2.05, 4.69) is 35.5 Å². The third-order valence-electron chi connectivity index (χ3n) is 1.62. The monoisotopic (exact) mass is 168 g/mol. The lowest BCUT2D eigenvalue weighted by Gasteiger charge is -1.95. The first-order chi connectivity index (χ1) is 5.33. The van der Waals surface area contributed by atoms with Crippen LogP contribution in [0.5, 0.6) is 0 Å². The SMILES string of the molecule is C[n+]1cccc(CCCS)c1. The van der Waals surface area contributed by atoms with Crippen LogP contribution < -0.4 is 4.57 Å². The minimum atomic E-state index is 0.971. The highest BCUT2D eigenvalue weighted by atomic mass is 32.1. The summed E-state index contributed by atoms with van der Waals surface area (Å²) in [4.78, 5) is 0. The molecule has 1 aromatic heterocycles. The van der Waals surface area contributed by atoms with E-state index >= 15 is 0 Å². The molecule has 1 aromatic rings. The van der Waals surface area contributed by atoms with Gasteiger partial charge in [0, 0.05) is 11.6 Å². The molecule has 0 fully saturated rings. The first-order valence-electron chi connectivity index (χ1n) is 3.88. The molecule has 0 bridgehead atoms. The third kappa shape index (κ3) is 2.93. The normalized spacial score (nSPS) is 10.0.